The van der Waals surface area contributed by atoms with E-state index in [9.17, 15) is 0 Å². The Bertz CT molecular complexity index is 427. The van der Waals surface area contributed by atoms with Crippen LogP contribution in [0, 0.1) is 5.92 Å². The van der Waals surface area contributed by atoms with E-state index < -0.39 is 0 Å². The first-order valence-corrected chi connectivity index (χ1v) is 6.16. The van der Waals surface area contributed by atoms with Crippen molar-refractivity contribution in [1.29, 1.82) is 0 Å². The summed E-state index contributed by atoms with van der Waals surface area (Å²) < 4.78 is 11.3. The molecule has 0 amide bonds. The van der Waals surface area contributed by atoms with Crippen LogP contribution in [0.1, 0.15) is 25.5 Å². The molecule has 2 aliphatic heterocycles. The number of nitrogens with zero attached hydrogens (tertiary/aromatic N) is 1. The van der Waals surface area contributed by atoms with Gasteiger partial charge in [0.2, 0.25) is 5.90 Å². The molecule has 0 bridgehead atoms. The molecule has 0 radical (unpaired) electrons. The fourth-order valence-electron chi connectivity index (χ4n) is 2.10. The summed E-state index contributed by atoms with van der Waals surface area (Å²) in [6.45, 7) is 5.04. The van der Waals surface area contributed by atoms with Gasteiger partial charge in [0, 0.05) is 0 Å². The van der Waals surface area contributed by atoms with E-state index in [0.717, 1.165) is 5.90 Å². The maximum Gasteiger partial charge on any atom is 0.217 e. The van der Waals surface area contributed by atoms with E-state index in [1.54, 1.807) is 0 Å². The van der Waals surface area contributed by atoms with Crippen molar-refractivity contribution in [2.45, 2.75) is 32.1 Å². The standard InChI is InChI=1S/C14H17NO2/c1-9(2)11-8-16-14(15-11)13-12(17-13)10-6-4-3-5-7-10/h3-7,9,11-13H,8H2,1-2H3/t11-,12-,13-/m1/s1. The average molecular weight is 231 g/mol. The fraction of sp³-hybridized carbons (Fsp3) is 0.500. The maximum absolute atomic E-state index is 5.66. The summed E-state index contributed by atoms with van der Waals surface area (Å²) in [4.78, 5) is 4.59. The van der Waals surface area contributed by atoms with Crippen LogP contribution in [0.4, 0.5) is 0 Å². The molecular weight excluding hydrogens is 214 g/mol. The van der Waals surface area contributed by atoms with Crippen LogP contribution in [0.2, 0.25) is 0 Å². The minimum absolute atomic E-state index is 0.0427. The summed E-state index contributed by atoms with van der Waals surface area (Å²) in [5.74, 6) is 1.32. The Kier molecular flexibility index (Phi) is 2.63. The van der Waals surface area contributed by atoms with Crippen LogP contribution in [0.25, 0.3) is 0 Å². The van der Waals surface area contributed by atoms with Gasteiger partial charge in [0.15, 0.2) is 6.10 Å². The van der Waals surface area contributed by atoms with Gasteiger partial charge in [-0.3, -0.25) is 0 Å². The minimum Gasteiger partial charge on any atom is -0.477 e. The Morgan fingerprint density at radius 1 is 1.18 bits per heavy atom. The quantitative estimate of drug-likeness (QED) is 0.749. The number of aliphatic imine (C=N–C) groups is 1. The summed E-state index contributed by atoms with van der Waals surface area (Å²) >= 11 is 0. The largest absolute Gasteiger partial charge is 0.477 e. The third kappa shape index (κ3) is 2.07. The number of hydrogen-bond donors (Lipinski definition) is 0. The molecule has 0 aliphatic carbocycles. The van der Waals surface area contributed by atoms with E-state index >= 15 is 0 Å². The van der Waals surface area contributed by atoms with Crippen molar-refractivity contribution >= 4 is 5.90 Å². The summed E-state index contributed by atoms with van der Waals surface area (Å²) in [5.41, 5.74) is 1.21. The van der Waals surface area contributed by atoms with Crippen LogP contribution < -0.4 is 0 Å². The fourth-order valence-corrected chi connectivity index (χ4v) is 2.10. The lowest BCUT2D eigenvalue weighted by Crippen LogP contribution is -2.13. The van der Waals surface area contributed by atoms with Gasteiger partial charge in [0.1, 0.15) is 12.7 Å². The molecule has 3 nitrogen and oxygen atoms in total. The number of epoxide rings is 1. The Labute approximate surface area is 101 Å². The molecule has 2 aliphatic rings. The monoisotopic (exact) mass is 231 g/mol. The first kappa shape index (κ1) is 10.8. The van der Waals surface area contributed by atoms with E-state index in [-0.39, 0.29) is 12.2 Å². The number of benzene rings is 1. The van der Waals surface area contributed by atoms with Gasteiger partial charge < -0.3 is 9.47 Å². The Morgan fingerprint density at radius 2 is 1.94 bits per heavy atom. The average Bonchev–Trinajstić information content (AvgIpc) is 2.99. The lowest BCUT2D eigenvalue weighted by molar-refractivity contribution is 0.277. The van der Waals surface area contributed by atoms with Gasteiger partial charge in [-0.05, 0) is 11.5 Å². The summed E-state index contributed by atoms with van der Waals surface area (Å²) in [7, 11) is 0. The molecule has 3 rings (SSSR count). The van der Waals surface area contributed by atoms with Gasteiger partial charge >= 0.3 is 0 Å². The van der Waals surface area contributed by atoms with Crippen molar-refractivity contribution < 1.29 is 9.47 Å². The molecular formula is C14H17NO2. The maximum atomic E-state index is 5.66. The molecule has 3 heteroatoms. The normalized spacial score (nSPS) is 31.2. The lowest BCUT2D eigenvalue weighted by Gasteiger charge is -2.06. The van der Waals surface area contributed by atoms with Crippen LogP contribution in [-0.2, 0) is 9.47 Å². The van der Waals surface area contributed by atoms with Crippen molar-refractivity contribution in [3.63, 3.8) is 0 Å². The van der Waals surface area contributed by atoms with Gasteiger partial charge in [-0.2, -0.15) is 0 Å². The van der Waals surface area contributed by atoms with Crippen molar-refractivity contribution in [3.8, 4) is 0 Å². The molecule has 0 unspecified atom stereocenters. The molecule has 1 saturated heterocycles. The third-order valence-electron chi connectivity index (χ3n) is 3.33. The molecule has 1 aromatic carbocycles. The molecule has 2 heterocycles. The zero-order valence-corrected chi connectivity index (χ0v) is 10.2. The number of rotatable bonds is 3. The molecule has 17 heavy (non-hydrogen) atoms. The molecule has 0 aromatic heterocycles. The van der Waals surface area contributed by atoms with E-state index in [1.807, 2.05) is 18.2 Å². The highest BCUT2D eigenvalue weighted by Crippen LogP contribution is 2.40. The van der Waals surface area contributed by atoms with Crippen molar-refractivity contribution in [2.75, 3.05) is 6.61 Å². The second kappa shape index (κ2) is 4.15. The summed E-state index contributed by atoms with van der Waals surface area (Å²) in [5, 5.41) is 0. The van der Waals surface area contributed by atoms with Crippen LogP contribution in [0.3, 0.4) is 0 Å². The minimum atomic E-state index is 0.0427. The molecule has 1 fully saturated rings. The van der Waals surface area contributed by atoms with E-state index in [0.29, 0.717) is 18.6 Å². The van der Waals surface area contributed by atoms with E-state index in [2.05, 4.69) is 31.0 Å². The van der Waals surface area contributed by atoms with Gasteiger partial charge in [-0.1, -0.05) is 44.2 Å². The van der Waals surface area contributed by atoms with Crippen molar-refractivity contribution in [1.82, 2.24) is 0 Å². The van der Waals surface area contributed by atoms with E-state index in [1.165, 1.54) is 5.56 Å². The molecule has 0 N–H and O–H groups in total. The Morgan fingerprint density at radius 3 is 2.59 bits per heavy atom. The van der Waals surface area contributed by atoms with Gasteiger partial charge in [0.05, 0.1) is 6.04 Å². The predicted octanol–water partition coefficient (Wildman–Crippen LogP) is 2.58. The molecule has 90 valence electrons. The van der Waals surface area contributed by atoms with Gasteiger partial charge in [-0.25, -0.2) is 4.99 Å². The van der Waals surface area contributed by atoms with Crippen LogP contribution in [0.15, 0.2) is 35.3 Å². The van der Waals surface area contributed by atoms with Crippen LogP contribution in [-0.4, -0.2) is 24.7 Å². The Hall–Kier alpha value is -1.35. The van der Waals surface area contributed by atoms with Gasteiger partial charge in [0.25, 0.3) is 0 Å². The lowest BCUT2D eigenvalue weighted by atomic mass is 10.1. The predicted molar refractivity (Wildman–Crippen MR) is 66.1 cm³/mol. The zero-order chi connectivity index (χ0) is 11.8. The third-order valence-corrected chi connectivity index (χ3v) is 3.33. The second-order valence-electron chi connectivity index (χ2n) is 4.98. The van der Waals surface area contributed by atoms with Crippen molar-refractivity contribution in [2.24, 2.45) is 10.9 Å². The summed E-state index contributed by atoms with van der Waals surface area (Å²) in [6.07, 6.45) is 0.182. The summed E-state index contributed by atoms with van der Waals surface area (Å²) in [6, 6.07) is 10.5. The number of ether oxygens (including phenoxy) is 2. The highest BCUT2D eigenvalue weighted by Gasteiger charge is 2.47. The van der Waals surface area contributed by atoms with Crippen LogP contribution in [0.5, 0.6) is 0 Å². The first-order valence-electron chi connectivity index (χ1n) is 6.16. The highest BCUT2D eigenvalue weighted by molar-refractivity contribution is 5.85. The zero-order valence-electron chi connectivity index (χ0n) is 10.2. The van der Waals surface area contributed by atoms with Crippen molar-refractivity contribution in [3.05, 3.63) is 35.9 Å². The smallest absolute Gasteiger partial charge is 0.217 e. The topological polar surface area (TPSA) is 34.1 Å². The first-order chi connectivity index (χ1) is 8.25. The second-order valence-corrected chi connectivity index (χ2v) is 4.98. The SMILES string of the molecule is CC(C)[C@H]1COC([C@@H]2O[C@@H]2c2ccccc2)=N1. The highest BCUT2D eigenvalue weighted by atomic mass is 16.6. The van der Waals surface area contributed by atoms with Gasteiger partial charge in [-0.15, -0.1) is 0 Å². The molecule has 1 aromatic rings. The van der Waals surface area contributed by atoms with Crippen LogP contribution >= 0.6 is 0 Å². The Balaban J connectivity index is 1.68. The van der Waals surface area contributed by atoms with E-state index in [4.69, 9.17) is 9.47 Å². The molecule has 0 saturated carbocycles. The molecule has 0 spiro atoms. The molecule has 3 atom stereocenters. The number of hydrogen-bond acceptors (Lipinski definition) is 3.